The molecule has 0 aliphatic carbocycles. The molecule has 0 atom stereocenters. The molecule has 1 aromatic carbocycles. The summed E-state index contributed by atoms with van der Waals surface area (Å²) in [5.74, 6) is -0.280. The van der Waals surface area contributed by atoms with Crippen LogP contribution in [0.2, 0.25) is 5.02 Å². The van der Waals surface area contributed by atoms with E-state index in [9.17, 15) is 4.39 Å². The molecular weight excluding hydrogens is 254 g/mol. The van der Waals surface area contributed by atoms with E-state index in [0.717, 1.165) is 0 Å². The molecule has 0 amide bonds. The van der Waals surface area contributed by atoms with Gasteiger partial charge >= 0.3 is 0 Å². The van der Waals surface area contributed by atoms with Crippen molar-refractivity contribution in [3.63, 3.8) is 0 Å². The van der Waals surface area contributed by atoms with E-state index < -0.39 is 0 Å². The van der Waals surface area contributed by atoms with Crippen LogP contribution in [0.3, 0.4) is 0 Å². The first kappa shape index (κ1) is 9.30. The molecule has 0 spiro atoms. The molecule has 0 nitrogen and oxygen atoms in total. The molecule has 0 fully saturated rings. The molecule has 1 aromatic rings. The van der Waals surface area contributed by atoms with Gasteiger partial charge < -0.3 is 0 Å². The second-order valence-electron chi connectivity index (χ2n) is 1.96. The summed E-state index contributed by atoms with van der Waals surface area (Å²) in [6, 6.07) is 2.88. The van der Waals surface area contributed by atoms with Crippen LogP contribution in [0, 0.1) is 5.82 Å². The Hall–Kier alpha value is 0.210. The summed E-state index contributed by atoms with van der Waals surface area (Å²) in [5.41, 5.74) is 0.336. The van der Waals surface area contributed by atoms with E-state index in [1.165, 1.54) is 6.07 Å². The zero-order chi connectivity index (χ0) is 8.43. The second kappa shape index (κ2) is 3.74. The summed E-state index contributed by atoms with van der Waals surface area (Å²) in [5, 5.41) is 0.347. The van der Waals surface area contributed by atoms with Gasteiger partial charge in [0.25, 0.3) is 0 Å². The number of rotatable bonds is 1. The van der Waals surface area contributed by atoms with Crippen molar-refractivity contribution in [1.29, 1.82) is 0 Å². The molecule has 4 heteroatoms. The maximum atomic E-state index is 12.8. The molecule has 0 bridgehead atoms. The first-order valence-electron chi connectivity index (χ1n) is 2.85. The van der Waals surface area contributed by atoms with E-state index in [2.05, 4.69) is 15.9 Å². The van der Waals surface area contributed by atoms with Gasteiger partial charge in [-0.25, -0.2) is 4.39 Å². The third kappa shape index (κ3) is 1.86. The predicted molar refractivity (Wildman–Crippen MR) is 48.7 cm³/mol. The highest BCUT2D eigenvalue weighted by Gasteiger charge is 2.08. The quantitative estimate of drug-likeness (QED) is 0.527. The fourth-order valence-electron chi connectivity index (χ4n) is 0.692. The Bertz CT molecular complexity index is 275. The van der Waals surface area contributed by atoms with E-state index in [1.807, 2.05) is 0 Å². The van der Waals surface area contributed by atoms with Crippen LogP contribution in [0.4, 0.5) is 4.39 Å². The minimum absolute atomic E-state index is 0.0874. The van der Waals surface area contributed by atoms with Crippen molar-refractivity contribution in [2.45, 2.75) is 5.88 Å². The maximum Gasteiger partial charge on any atom is 0.129 e. The largest absolute Gasteiger partial charge is 0.207 e. The molecule has 0 radical (unpaired) electrons. The second-order valence-corrected chi connectivity index (χ2v) is 3.45. The summed E-state index contributed by atoms with van der Waals surface area (Å²) < 4.78 is 13.5. The molecule has 0 aliphatic rings. The maximum absolute atomic E-state index is 12.8. The number of alkyl halides is 1. The van der Waals surface area contributed by atoms with E-state index in [-0.39, 0.29) is 11.7 Å². The van der Waals surface area contributed by atoms with Crippen LogP contribution >= 0.6 is 39.1 Å². The lowest BCUT2D eigenvalue weighted by Gasteiger charge is -2.02. The van der Waals surface area contributed by atoms with Gasteiger partial charge in [0.2, 0.25) is 0 Å². The SMILES string of the molecule is Fc1ccc(Br)c(Cl)c1CCl. The number of benzene rings is 1. The highest BCUT2D eigenvalue weighted by molar-refractivity contribution is 9.10. The lowest BCUT2D eigenvalue weighted by molar-refractivity contribution is 0.617. The van der Waals surface area contributed by atoms with Crippen LogP contribution in [0.1, 0.15) is 5.56 Å². The predicted octanol–water partition coefficient (Wildman–Crippen LogP) is 3.98. The number of halogens is 4. The Kier molecular flexibility index (Phi) is 3.16. The molecule has 0 aliphatic heterocycles. The van der Waals surface area contributed by atoms with Crippen LogP contribution < -0.4 is 0 Å². The fraction of sp³-hybridized carbons (Fsp3) is 0.143. The first-order chi connectivity index (χ1) is 5.16. The van der Waals surface area contributed by atoms with Gasteiger partial charge in [-0.15, -0.1) is 11.6 Å². The van der Waals surface area contributed by atoms with Crippen molar-refractivity contribution in [2.24, 2.45) is 0 Å². The van der Waals surface area contributed by atoms with Crippen molar-refractivity contribution >= 4 is 39.1 Å². The van der Waals surface area contributed by atoms with Crippen molar-refractivity contribution in [2.75, 3.05) is 0 Å². The minimum Gasteiger partial charge on any atom is -0.207 e. The zero-order valence-corrected chi connectivity index (χ0v) is 8.47. The van der Waals surface area contributed by atoms with Gasteiger partial charge in [-0.3, -0.25) is 0 Å². The van der Waals surface area contributed by atoms with Crippen LogP contribution in [0.15, 0.2) is 16.6 Å². The standard InChI is InChI=1S/C7H4BrCl2F/c8-5-1-2-6(11)4(3-9)7(5)10/h1-2H,3H2. The smallest absolute Gasteiger partial charge is 0.129 e. The lowest BCUT2D eigenvalue weighted by Crippen LogP contribution is -1.87. The Morgan fingerprint density at radius 2 is 2.09 bits per heavy atom. The number of hydrogen-bond acceptors (Lipinski definition) is 0. The average Bonchev–Trinajstić information content (AvgIpc) is 1.99. The van der Waals surface area contributed by atoms with Gasteiger partial charge in [0.05, 0.1) is 10.9 Å². The molecular formula is C7H4BrCl2F. The highest BCUT2D eigenvalue weighted by Crippen LogP contribution is 2.29. The average molecular weight is 258 g/mol. The summed E-state index contributed by atoms with van der Waals surface area (Å²) in [7, 11) is 0. The third-order valence-corrected chi connectivity index (χ3v) is 2.86. The molecule has 0 aromatic heterocycles. The normalized spacial score (nSPS) is 10.2. The molecule has 11 heavy (non-hydrogen) atoms. The summed E-state index contributed by atoms with van der Waals surface area (Å²) >= 11 is 14.4. The summed E-state index contributed by atoms with van der Waals surface area (Å²) in [6.07, 6.45) is 0. The number of hydrogen-bond donors (Lipinski definition) is 0. The van der Waals surface area contributed by atoms with Gasteiger partial charge in [0, 0.05) is 10.0 Å². The van der Waals surface area contributed by atoms with Crippen LogP contribution in [0.25, 0.3) is 0 Å². The van der Waals surface area contributed by atoms with Crippen LogP contribution in [-0.4, -0.2) is 0 Å². The zero-order valence-electron chi connectivity index (χ0n) is 5.37. The molecule has 0 saturated carbocycles. The third-order valence-electron chi connectivity index (χ3n) is 1.27. The minimum atomic E-state index is -0.367. The van der Waals surface area contributed by atoms with E-state index in [1.54, 1.807) is 6.07 Å². The molecule has 1 rings (SSSR count). The molecule has 0 saturated heterocycles. The van der Waals surface area contributed by atoms with Crippen molar-refractivity contribution in [1.82, 2.24) is 0 Å². The molecule has 0 heterocycles. The lowest BCUT2D eigenvalue weighted by atomic mass is 10.2. The van der Waals surface area contributed by atoms with E-state index in [4.69, 9.17) is 23.2 Å². The van der Waals surface area contributed by atoms with Gasteiger partial charge in [-0.1, -0.05) is 11.6 Å². The van der Waals surface area contributed by atoms with Gasteiger partial charge in [-0.2, -0.15) is 0 Å². The Morgan fingerprint density at radius 1 is 1.45 bits per heavy atom. The first-order valence-corrected chi connectivity index (χ1v) is 4.55. The van der Waals surface area contributed by atoms with Crippen molar-refractivity contribution < 1.29 is 4.39 Å². The van der Waals surface area contributed by atoms with E-state index in [0.29, 0.717) is 15.1 Å². The van der Waals surface area contributed by atoms with Crippen molar-refractivity contribution in [3.8, 4) is 0 Å². The van der Waals surface area contributed by atoms with Gasteiger partial charge in [0.1, 0.15) is 5.82 Å². The topological polar surface area (TPSA) is 0 Å². The van der Waals surface area contributed by atoms with Crippen LogP contribution in [-0.2, 0) is 5.88 Å². The fourth-order valence-corrected chi connectivity index (χ4v) is 1.61. The Labute approximate surface area is 82.4 Å². The molecule has 0 unspecified atom stereocenters. The van der Waals surface area contributed by atoms with E-state index >= 15 is 0 Å². The van der Waals surface area contributed by atoms with Gasteiger partial charge in [-0.05, 0) is 28.1 Å². The van der Waals surface area contributed by atoms with Gasteiger partial charge in [0.15, 0.2) is 0 Å². The van der Waals surface area contributed by atoms with Crippen molar-refractivity contribution in [3.05, 3.63) is 33.0 Å². The summed E-state index contributed by atoms with van der Waals surface area (Å²) in [4.78, 5) is 0. The monoisotopic (exact) mass is 256 g/mol. The Balaban J connectivity index is 3.29. The summed E-state index contributed by atoms with van der Waals surface area (Å²) in [6.45, 7) is 0. The molecule has 60 valence electrons. The molecule has 0 N–H and O–H groups in total. The Morgan fingerprint density at radius 3 is 2.55 bits per heavy atom. The van der Waals surface area contributed by atoms with Crippen LogP contribution in [0.5, 0.6) is 0 Å². The highest BCUT2D eigenvalue weighted by atomic mass is 79.9.